The zero-order chi connectivity index (χ0) is 18.1. The molecule has 0 N–H and O–H groups in total. The van der Waals surface area contributed by atoms with E-state index in [-0.39, 0.29) is 17.5 Å². The highest BCUT2D eigenvalue weighted by atomic mass is 32.1. The van der Waals surface area contributed by atoms with Crippen LogP contribution in [-0.2, 0) is 26.2 Å². The topological polar surface area (TPSA) is 47.9 Å². The lowest BCUT2D eigenvalue weighted by atomic mass is 9.61. The molecule has 1 aromatic rings. The van der Waals surface area contributed by atoms with E-state index in [2.05, 4.69) is 28.4 Å². The van der Waals surface area contributed by atoms with Gasteiger partial charge in [-0.3, -0.25) is 0 Å². The molecule has 2 aliphatic carbocycles. The number of fused-ring (bicyclic) bond motifs is 1. The zero-order valence-electron chi connectivity index (χ0n) is 15.1. The van der Waals surface area contributed by atoms with Crippen LogP contribution in [0.3, 0.4) is 0 Å². The maximum absolute atomic E-state index is 13.2. The molecule has 3 rings (SSSR count). The second kappa shape index (κ2) is 6.99. The van der Waals surface area contributed by atoms with Gasteiger partial charge in [-0.1, -0.05) is 23.8 Å². The average molecular weight is 359 g/mol. The second-order valence-electron chi connectivity index (χ2n) is 7.19. The van der Waals surface area contributed by atoms with Gasteiger partial charge in [-0.2, -0.15) is 0 Å². The third kappa shape index (κ3) is 2.75. The van der Waals surface area contributed by atoms with Gasteiger partial charge in [-0.25, -0.2) is 9.79 Å². The molecule has 0 radical (unpaired) electrons. The summed E-state index contributed by atoms with van der Waals surface area (Å²) >= 11 is 4.98. The molecule has 1 fully saturated rings. The lowest BCUT2D eigenvalue weighted by Crippen LogP contribution is -2.51. The summed E-state index contributed by atoms with van der Waals surface area (Å²) < 4.78 is 11.1. The number of ether oxygens (including phenoxy) is 2. The lowest BCUT2D eigenvalue weighted by molar-refractivity contribution is -0.157. The van der Waals surface area contributed by atoms with Gasteiger partial charge >= 0.3 is 5.97 Å². The van der Waals surface area contributed by atoms with Crippen LogP contribution in [0.15, 0.2) is 23.2 Å². The number of carbonyl (C=O) groups is 1. The first-order chi connectivity index (χ1) is 12.0. The van der Waals surface area contributed by atoms with Gasteiger partial charge in [0.1, 0.15) is 0 Å². The molecule has 1 atom stereocenters. The van der Waals surface area contributed by atoms with E-state index in [0.29, 0.717) is 6.61 Å². The van der Waals surface area contributed by atoms with Gasteiger partial charge in [0.05, 0.1) is 17.9 Å². The molecule has 1 aromatic carbocycles. The molecule has 1 unspecified atom stereocenters. The summed E-state index contributed by atoms with van der Waals surface area (Å²) in [6.45, 7) is 4.18. The maximum Gasteiger partial charge on any atom is 0.340 e. The van der Waals surface area contributed by atoms with Crippen LogP contribution in [0.1, 0.15) is 49.3 Å². The summed E-state index contributed by atoms with van der Waals surface area (Å²) in [5.41, 5.74) is 1.83. The Kier molecular flexibility index (Phi) is 5.10. The summed E-state index contributed by atoms with van der Waals surface area (Å²) in [7, 11) is 1.75. The second-order valence-corrected chi connectivity index (χ2v) is 7.37. The molecule has 0 saturated heterocycles. The third-order valence-corrected chi connectivity index (χ3v) is 6.05. The SMILES string of the molecule is CCOC(=O)C1(N=C=S)c2cc(C)ccc2CC12CCC(OC)CC2. The number of esters is 1. The molecule has 5 heteroatoms. The quantitative estimate of drug-likeness (QED) is 0.463. The van der Waals surface area contributed by atoms with E-state index in [1.54, 1.807) is 7.11 Å². The molecule has 0 aromatic heterocycles. The lowest BCUT2D eigenvalue weighted by Gasteiger charge is -2.45. The van der Waals surface area contributed by atoms with Crippen molar-refractivity contribution < 1.29 is 14.3 Å². The van der Waals surface area contributed by atoms with E-state index in [0.717, 1.165) is 43.2 Å². The Labute approximate surface area is 154 Å². The van der Waals surface area contributed by atoms with Crippen LogP contribution in [0.25, 0.3) is 0 Å². The van der Waals surface area contributed by atoms with E-state index < -0.39 is 5.54 Å². The highest BCUT2D eigenvalue weighted by Crippen LogP contribution is 2.60. The maximum atomic E-state index is 13.2. The molecule has 2 aliphatic rings. The van der Waals surface area contributed by atoms with Crippen LogP contribution in [0, 0.1) is 12.3 Å². The average Bonchev–Trinajstić information content (AvgIpc) is 2.86. The fourth-order valence-corrected chi connectivity index (χ4v) is 4.87. The fourth-order valence-electron chi connectivity index (χ4n) is 4.73. The first-order valence-corrected chi connectivity index (χ1v) is 9.33. The van der Waals surface area contributed by atoms with Crippen molar-refractivity contribution in [2.24, 2.45) is 10.4 Å². The van der Waals surface area contributed by atoms with Gasteiger partial charge < -0.3 is 9.47 Å². The van der Waals surface area contributed by atoms with Crippen molar-refractivity contribution in [1.29, 1.82) is 0 Å². The molecule has 25 heavy (non-hydrogen) atoms. The number of hydrogen-bond donors (Lipinski definition) is 0. The fraction of sp³-hybridized carbons (Fsp3) is 0.600. The summed E-state index contributed by atoms with van der Waals surface area (Å²) in [4.78, 5) is 17.8. The first kappa shape index (κ1) is 18.2. The van der Waals surface area contributed by atoms with Gasteiger partial charge in [0.2, 0.25) is 0 Å². The van der Waals surface area contributed by atoms with Crippen LogP contribution < -0.4 is 0 Å². The highest BCUT2D eigenvalue weighted by molar-refractivity contribution is 7.78. The number of benzene rings is 1. The number of nitrogens with zero attached hydrogens (tertiary/aromatic N) is 1. The third-order valence-electron chi connectivity index (χ3n) is 5.96. The van der Waals surface area contributed by atoms with Gasteiger partial charge in [-0.05, 0) is 69.3 Å². The summed E-state index contributed by atoms with van der Waals surface area (Å²) in [5.74, 6) is -0.299. The van der Waals surface area contributed by atoms with E-state index in [9.17, 15) is 4.79 Å². The van der Waals surface area contributed by atoms with E-state index in [4.69, 9.17) is 21.7 Å². The molecule has 0 heterocycles. The Morgan fingerprint density at radius 3 is 2.72 bits per heavy atom. The van der Waals surface area contributed by atoms with Crippen LogP contribution in [0.5, 0.6) is 0 Å². The predicted octanol–water partition coefficient (Wildman–Crippen LogP) is 3.99. The molecule has 1 saturated carbocycles. The van der Waals surface area contributed by atoms with Gasteiger partial charge in [0, 0.05) is 12.5 Å². The Hall–Kier alpha value is -1.55. The van der Waals surface area contributed by atoms with Gasteiger partial charge in [0.25, 0.3) is 0 Å². The van der Waals surface area contributed by atoms with Crippen molar-refractivity contribution in [2.45, 2.75) is 57.6 Å². The highest BCUT2D eigenvalue weighted by Gasteiger charge is 2.64. The van der Waals surface area contributed by atoms with Gasteiger partial charge in [0.15, 0.2) is 5.54 Å². The normalized spacial score (nSPS) is 30.6. The minimum atomic E-state index is -1.08. The Balaban J connectivity index is 2.18. The van der Waals surface area contributed by atoms with Crippen molar-refractivity contribution in [3.8, 4) is 0 Å². The number of aryl methyl sites for hydroxylation is 1. The van der Waals surface area contributed by atoms with Crippen molar-refractivity contribution in [2.75, 3.05) is 13.7 Å². The summed E-state index contributed by atoms with van der Waals surface area (Å²) in [6, 6.07) is 6.28. The Morgan fingerprint density at radius 2 is 2.12 bits per heavy atom. The number of aliphatic imine (C=N–C) groups is 1. The molecular formula is C20H25NO3S. The number of rotatable bonds is 4. The molecular weight excluding hydrogens is 334 g/mol. The van der Waals surface area contributed by atoms with Crippen molar-refractivity contribution in [3.05, 3.63) is 34.9 Å². The minimum absolute atomic E-state index is 0.243. The molecule has 134 valence electrons. The van der Waals surface area contributed by atoms with E-state index in [1.165, 1.54) is 5.56 Å². The standard InChI is InChI=1S/C20H25NO3S/c1-4-24-18(22)20(21-13-25)17-11-14(2)5-6-15(17)12-19(20)9-7-16(23-3)8-10-19/h5-6,11,16H,4,7-10,12H2,1-3H3. The van der Waals surface area contributed by atoms with Crippen molar-refractivity contribution in [3.63, 3.8) is 0 Å². The van der Waals surface area contributed by atoms with Crippen molar-refractivity contribution >= 4 is 23.3 Å². The number of hydrogen-bond acceptors (Lipinski definition) is 5. The minimum Gasteiger partial charge on any atom is -0.464 e. The molecule has 0 aliphatic heterocycles. The number of thiocarbonyl (C=S) groups is 1. The van der Waals surface area contributed by atoms with Gasteiger partial charge in [-0.15, -0.1) is 0 Å². The number of carbonyl (C=O) groups excluding carboxylic acids is 1. The largest absolute Gasteiger partial charge is 0.464 e. The number of isothiocyanates is 1. The predicted molar refractivity (Wildman–Crippen MR) is 99.9 cm³/mol. The molecule has 4 nitrogen and oxygen atoms in total. The van der Waals surface area contributed by atoms with Crippen LogP contribution in [-0.4, -0.2) is 31.0 Å². The number of methoxy groups -OCH3 is 1. The molecule has 0 amide bonds. The van der Waals surface area contributed by atoms with Crippen LogP contribution >= 0.6 is 12.2 Å². The summed E-state index contributed by atoms with van der Waals surface area (Å²) in [5, 5.41) is 2.52. The molecule has 0 bridgehead atoms. The monoisotopic (exact) mass is 359 g/mol. The van der Waals surface area contributed by atoms with E-state index in [1.807, 2.05) is 13.8 Å². The summed E-state index contributed by atoms with van der Waals surface area (Å²) in [6.07, 6.45) is 4.61. The van der Waals surface area contributed by atoms with Crippen LogP contribution in [0.2, 0.25) is 0 Å². The van der Waals surface area contributed by atoms with Crippen molar-refractivity contribution in [1.82, 2.24) is 0 Å². The first-order valence-electron chi connectivity index (χ1n) is 8.92. The Bertz CT molecular complexity index is 718. The molecule has 1 spiro atoms. The zero-order valence-corrected chi connectivity index (χ0v) is 15.9. The van der Waals surface area contributed by atoms with E-state index >= 15 is 0 Å². The smallest absolute Gasteiger partial charge is 0.340 e. The Morgan fingerprint density at radius 1 is 1.40 bits per heavy atom. The van der Waals surface area contributed by atoms with Crippen LogP contribution in [0.4, 0.5) is 0 Å².